The molecule has 0 amide bonds. The number of rotatable bonds is 6. The molecule has 0 bridgehead atoms. The van der Waals surface area contributed by atoms with Gasteiger partial charge in [-0.2, -0.15) is 0 Å². The zero-order valence-electron chi connectivity index (χ0n) is 12.0. The quantitative estimate of drug-likeness (QED) is 0.593. The molecular formula is C14H22IN3O2. The first-order chi connectivity index (χ1) is 9.29. The number of nitrogens with one attached hydrogen (secondary N) is 1. The fourth-order valence-electron chi connectivity index (χ4n) is 1.89. The Labute approximate surface area is 137 Å². The van der Waals surface area contributed by atoms with Crippen molar-refractivity contribution >= 4 is 29.9 Å². The fraction of sp³-hybridized carbons (Fsp3) is 0.500. The second-order valence-electron chi connectivity index (χ2n) is 4.47. The first kappa shape index (κ1) is 17.0. The van der Waals surface area contributed by atoms with Crippen LogP contribution in [0, 0.1) is 0 Å². The normalized spacial score (nSPS) is 13.7. The van der Waals surface area contributed by atoms with Gasteiger partial charge in [-0.1, -0.05) is 12.1 Å². The first-order valence-electron chi connectivity index (χ1n) is 6.50. The van der Waals surface area contributed by atoms with Gasteiger partial charge in [0.15, 0.2) is 5.96 Å². The standard InChI is InChI=1S/C14H21N3O2.HI/c1-17-7-6-15-14(17)16-11-12-4-3-5-13(10-12)19-9-8-18-2;/h3-5,10H,6-9,11H2,1-2H3,(H,15,16);1H. The summed E-state index contributed by atoms with van der Waals surface area (Å²) in [6.45, 7) is 3.79. The van der Waals surface area contributed by atoms with Crippen molar-refractivity contribution in [2.24, 2.45) is 4.99 Å². The van der Waals surface area contributed by atoms with Gasteiger partial charge < -0.3 is 19.7 Å². The van der Waals surface area contributed by atoms with Gasteiger partial charge in [0.2, 0.25) is 0 Å². The van der Waals surface area contributed by atoms with Gasteiger partial charge in [-0.25, -0.2) is 0 Å². The van der Waals surface area contributed by atoms with E-state index in [9.17, 15) is 0 Å². The number of guanidine groups is 1. The Hall–Kier alpha value is -1.02. The Balaban J connectivity index is 0.00000200. The van der Waals surface area contributed by atoms with E-state index in [1.165, 1.54) is 5.56 Å². The van der Waals surface area contributed by atoms with E-state index < -0.39 is 0 Å². The van der Waals surface area contributed by atoms with E-state index in [1.807, 2.05) is 25.2 Å². The average molecular weight is 391 g/mol. The molecule has 0 aromatic heterocycles. The number of benzene rings is 1. The number of hydrogen-bond donors (Lipinski definition) is 1. The topological polar surface area (TPSA) is 46.1 Å². The van der Waals surface area contributed by atoms with Crippen molar-refractivity contribution in [2.45, 2.75) is 6.54 Å². The van der Waals surface area contributed by atoms with E-state index >= 15 is 0 Å². The molecule has 0 spiro atoms. The maximum absolute atomic E-state index is 5.59. The number of likely N-dealkylation sites (N-methyl/N-ethyl adjacent to an activating group) is 1. The van der Waals surface area contributed by atoms with Gasteiger partial charge in [0.25, 0.3) is 0 Å². The Morgan fingerprint density at radius 3 is 2.90 bits per heavy atom. The van der Waals surface area contributed by atoms with Crippen LogP contribution in [0.2, 0.25) is 0 Å². The van der Waals surface area contributed by atoms with Crippen LogP contribution in [0.3, 0.4) is 0 Å². The Kier molecular flexibility index (Phi) is 7.68. The van der Waals surface area contributed by atoms with Crippen LogP contribution in [0.15, 0.2) is 29.3 Å². The highest BCUT2D eigenvalue weighted by atomic mass is 127. The number of ether oxygens (including phenoxy) is 2. The van der Waals surface area contributed by atoms with Gasteiger partial charge >= 0.3 is 0 Å². The van der Waals surface area contributed by atoms with Crippen molar-refractivity contribution < 1.29 is 9.47 Å². The van der Waals surface area contributed by atoms with Crippen LogP contribution in [0.4, 0.5) is 0 Å². The zero-order chi connectivity index (χ0) is 13.5. The molecular weight excluding hydrogens is 369 g/mol. The van der Waals surface area contributed by atoms with E-state index in [2.05, 4.69) is 21.3 Å². The molecule has 1 aromatic rings. The number of aliphatic imine (C=N–C) groups is 1. The number of methoxy groups -OCH3 is 1. The summed E-state index contributed by atoms with van der Waals surface area (Å²) in [5.41, 5.74) is 1.18. The van der Waals surface area contributed by atoms with Crippen LogP contribution in [-0.4, -0.2) is 51.3 Å². The third kappa shape index (κ3) is 5.16. The predicted molar refractivity (Wildman–Crippen MR) is 91.0 cm³/mol. The molecule has 0 atom stereocenters. The van der Waals surface area contributed by atoms with Crippen LogP contribution in [-0.2, 0) is 11.3 Å². The lowest BCUT2D eigenvalue weighted by Crippen LogP contribution is -2.35. The SMILES string of the molecule is COCCOc1cccc(CNC2=NCCN2C)c1.I. The Morgan fingerprint density at radius 1 is 1.35 bits per heavy atom. The molecule has 0 unspecified atom stereocenters. The summed E-state index contributed by atoms with van der Waals surface area (Å²) >= 11 is 0. The molecule has 1 N–H and O–H groups in total. The van der Waals surface area contributed by atoms with E-state index in [0.29, 0.717) is 13.2 Å². The van der Waals surface area contributed by atoms with Crippen LogP contribution in [0.25, 0.3) is 0 Å². The summed E-state index contributed by atoms with van der Waals surface area (Å²) in [5, 5.41) is 3.34. The Morgan fingerprint density at radius 2 is 2.20 bits per heavy atom. The van der Waals surface area contributed by atoms with Crippen molar-refractivity contribution in [2.75, 3.05) is 40.5 Å². The van der Waals surface area contributed by atoms with Crippen molar-refractivity contribution in [3.8, 4) is 5.75 Å². The molecule has 0 saturated carbocycles. The maximum Gasteiger partial charge on any atom is 0.194 e. The largest absolute Gasteiger partial charge is 0.491 e. The molecule has 1 aliphatic rings. The van der Waals surface area contributed by atoms with Gasteiger partial charge in [0.1, 0.15) is 12.4 Å². The smallest absolute Gasteiger partial charge is 0.194 e. The van der Waals surface area contributed by atoms with E-state index in [1.54, 1.807) is 7.11 Å². The third-order valence-electron chi connectivity index (χ3n) is 2.96. The lowest BCUT2D eigenvalue weighted by atomic mass is 10.2. The molecule has 1 heterocycles. The highest BCUT2D eigenvalue weighted by Crippen LogP contribution is 2.13. The second kappa shape index (κ2) is 9.02. The predicted octanol–water partition coefficient (Wildman–Crippen LogP) is 1.72. The van der Waals surface area contributed by atoms with Crippen molar-refractivity contribution in [3.63, 3.8) is 0 Å². The first-order valence-corrected chi connectivity index (χ1v) is 6.50. The van der Waals surface area contributed by atoms with E-state index in [4.69, 9.17) is 9.47 Å². The van der Waals surface area contributed by atoms with Crippen LogP contribution in [0.5, 0.6) is 5.75 Å². The third-order valence-corrected chi connectivity index (χ3v) is 2.96. The van der Waals surface area contributed by atoms with Crippen LogP contribution in [0.1, 0.15) is 5.56 Å². The van der Waals surface area contributed by atoms with Gasteiger partial charge in [-0.15, -0.1) is 24.0 Å². The molecule has 0 radical (unpaired) electrons. The molecule has 0 saturated heterocycles. The van der Waals surface area contributed by atoms with Crippen LogP contribution >= 0.6 is 24.0 Å². The number of hydrogen-bond acceptors (Lipinski definition) is 5. The van der Waals surface area contributed by atoms with Crippen molar-refractivity contribution in [3.05, 3.63) is 29.8 Å². The summed E-state index contributed by atoms with van der Waals surface area (Å²) in [5.74, 6) is 1.84. The molecule has 1 aromatic carbocycles. The van der Waals surface area contributed by atoms with E-state index in [0.717, 1.165) is 31.3 Å². The molecule has 0 fully saturated rings. The summed E-state index contributed by atoms with van der Waals surface area (Å²) < 4.78 is 10.5. The highest BCUT2D eigenvalue weighted by Gasteiger charge is 2.11. The minimum atomic E-state index is 0. The average Bonchev–Trinajstić information content (AvgIpc) is 2.83. The molecule has 112 valence electrons. The summed E-state index contributed by atoms with van der Waals surface area (Å²) in [6.07, 6.45) is 0. The lowest BCUT2D eigenvalue weighted by molar-refractivity contribution is 0.146. The molecule has 1 aliphatic heterocycles. The lowest BCUT2D eigenvalue weighted by Gasteiger charge is -2.15. The van der Waals surface area contributed by atoms with Crippen LogP contribution < -0.4 is 10.1 Å². The summed E-state index contributed by atoms with van der Waals surface area (Å²) in [4.78, 5) is 6.52. The maximum atomic E-state index is 5.59. The highest BCUT2D eigenvalue weighted by molar-refractivity contribution is 14.0. The number of nitrogens with zero attached hydrogens (tertiary/aromatic N) is 2. The van der Waals surface area contributed by atoms with Gasteiger partial charge in [-0.3, -0.25) is 4.99 Å². The molecule has 6 heteroatoms. The van der Waals surface area contributed by atoms with Crippen molar-refractivity contribution in [1.29, 1.82) is 0 Å². The number of halogens is 1. The molecule has 0 aliphatic carbocycles. The monoisotopic (exact) mass is 391 g/mol. The Bertz CT molecular complexity index is 440. The molecule has 20 heavy (non-hydrogen) atoms. The van der Waals surface area contributed by atoms with Gasteiger partial charge in [0.05, 0.1) is 13.2 Å². The van der Waals surface area contributed by atoms with E-state index in [-0.39, 0.29) is 24.0 Å². The molecule has 5 nitrogen and oxygen atoms in total. The summed E-state index contributed by atoms with van der Waals surface area (Å²) in [6, 6.07) is 8.07. The minimum Gasteiger partial charge on any atom is -0.491 e. The fourth-order valence-corrected chi connectivity index (χ4v) is 1.89. The molecule has 2 rings (SSSR count). The van der Waals surface area contributed by atoms with Gasteiger partial charge in [-0.05, 0) is 17.7 Å². The summed E-state index contributed by atoms with van der Waals surface area (Å²) in [7, 11) is 3.71. The zero-order valence-corrected chi connectivity index (χ0v) is 14.3. The minimum absolute atomic E-state index is 0. The van der Waals surface area contributed by atoms with Gasteiger partial charge in [0, 0.05) is 27.2 Å². The van der Waals surface area contributed by atoms with Crippen molar-refractivity contribution in [1.82, 2.24) is 10.2 Å². The second-order valence-corrected chi connectivity index (χ2v) is 4.47.